The van der Waals surface area contributed by atoms with Crippen molar-refractivity contribution in [1.29, 1.82) is 0 Å². The van der Waals surface area contributed by atoms with Crippen LogP contribution in [0.1, 0.15) is 0 Å². The fraction of sp³-hybridized carbons (Fsp3) is 1.00. The zero-order chi connectivity index (χ0) is 6.53. The van der Waals surface area contributed by atoms with Gasteiger partial charge in [-0.2, -0.15) is 0 Å². The lowest BCUT2D eigenvalue weighted by atomic mass is 10.5. The van der Waals surface area contributed by atoms with E-state index in [1.165, 1.54) is 0 Å². The van der Waals surface area contributed by atoms with Crippen LogP contribution in [0.4, 0.5) is 0 Å². The first-order chi connectivity index (χ1) is 4.43. The maximum absolute atomic E-state index is 5.15. The molecule has 1 N–H and O–H groups in total. The summed E-state index contributed by atoms with van der Waals surface area (Å²) in [5, 5.41) is 2.15. The number of morpholine rings is 1. The maximum Gasteiger partial charge on any atom is 0.0657 e. The summed E-state index contributed by atoms with van der Waals surface area (Å²) >= 11 is 3.29. The molecular weight excluding hydrogens is 184 g/mol. The summed E-state index contributed by atoms with van der Waals surface area (Å²) in [6.07, 6.45) is 0. The van der Waals surface area contributed by atoms with Crippen molar-refractivity contribution in [3.63, 3.8) is 0 Å². The highest BCUT2D eigenvalue weighted by atomic mass is 79.9. The number of alkyl halides is 1. The first-order valence-corrected chi connectivity index (χ1v) is 4.18. The van der Waals surface area contributed by atoms with Crippen molar-refractivity contribution >= 4 is 15.9 Å². The smallest absolute Gasteiger partial charge is 0.0657 e. The SMILES string of the molecule is BrCNN1CCOCC1. The Morgan fingerprint density at radius 2 is 2.11 bits per heavy atom. The minimum absolute atomic E-state index is 0.826. The highest BCUT2D eigenvalue weighted by molar-refractivity contribution is 9.09. The minimum atomic E-state index is 0.826. The molecule has 1 rings (SSSR count). The van der Waals surface area contributed by atoms with Gasteiger partial charge in [0.1, 0.15) is 0 Å². The molecule has 0 bridgehead atoms. The average molecular weight is 195 g/mol. The lowest BCUT2D eigenvalue weighted by molar-refractivity contribution is 0.0162. The molecule has 0 amide bonds. The standard InChI is InChI=1S/C5H11BrN2O/c6-5-7-8-1-3-9-4-2-8/h7H,1-5H2. The Bertz CT molecular complexity index is 72.6. The van der Waals surface area contributed by atoms with Crippen LogP contribution in [0.2, 0.25) is 0 Å². The van der Waals surface area contributed by atoms with E-state index >= 15 is 0 Å². The summed E-state index contributed by atoms with van der Waals surface area (Å²) in [6.45, 7) is 3.68. The highest BCUT2D eigenvalue weighted by Crippen LogP contribution is 1.91. The fourth-order valence-electron chi connectivity index (χ4n) is 0.806. The van der Waals surface area contributed by atoms with E-state index in [1.807, 2.05) is 0 Å². The molecule has 1 heterocycles. The summed E-state index contributed by atoms with van der Waals surface area (Å²) < 4.78 is 5.15. The van der Waals surface area contributed by atoms with Crippen LogP contribution in [0.25, 0.3) is 0 Å². The molecule has 0 spiro atoms. The molecule has 0 radical (unpaired) electrons. The number of nitrogens with zero attached hydrogens (tertiary/aromatic N) is 1. The van der Waals surface area contributed by atoms with Crippen LogP contribution in [0.3, 0.4) is 0 Å². The molecule has 0 aromatic carbocycles. The van der Waals surface area contributed by atoms with Crippen LogP contribution in [0.15, 0.2) is 0 Å². The van der Waals surface area contributed by atoms with E-state index in [0.29, 0.717) is 0 Å². The predicted octanol–water partition coefficient (Wildman–Crippen LogP) is 0.176. The second-order valence-corrected chi connectivity index (χ2v) is 2.45. The minimum Gasteiger partial charge on any atom is -0.379 e. The predicted molar refractivity (Wildman–Crippen MR) is 39.3 cm³/mol. The zero-order valence-corrected chi connectivity index (χ0v) is 6.85. The van der Waals surface area contributed by atoms with Gasteiger partial charge in [0, 0.05) is 13.1 Å². The van der Waals surface area contributed by atoms with Crippen molar-refractivity contribution in [3.05, 3.63) is 0 Å². The van der Waals surface area contributed by atoms with Gasteiger partial charge < -0.3 is 4.74 Å². The Morgan fingerprint density at radius 3 is 2.67 bits per heavy atom. The third-order valence-electron chi connectivity index (χ3n) is 1.29. The molecule has 1 aliphatic rings. The van der Waals surface area contributed by atoms with Crippen molar-refractivity contribution in [3.8, 4) is 0 Å². The van der Waals surface area contributed by atoms with Crippen molar-refractivity contribution < 1.29 is 4.74 Å². The molecule has 0 unspecified atom stereocenters. The van der Waals surface area contributed by atoms with Gasteiger partial charge >= 0.3 is 0 Å². The van der Waals surface area contributed by atoms with Crippen LogP contribution < -0.4 is 5.43 Å². The Labute approximate surface area is 63.5 Å². The van der Waals surface area contributed by atoms with E-state index in [0.717, 1.165) is 31.8 Å². The quantitative estimate of drug-likeness (QED) is 0.502. The van der Waals surface area contributed by atoms with Crippen LogP contribution in [-0.4, -0.2) is 36.8 Å². The Morgan fingerprint density at radius 1 is 1.44 bits per heavy atom. The van der Waals surface area contributed by atoms with Crippen LogP contribution >= 0.6 is 15.9 Å². The Kier molecular flexibility index (Phi) is 3.50. The maximum atomic E-state index is 5.15. The van der Waals surface area contributed by atoms with Gasteiger partial charge in [-0.1, -0.05) is 15.9 Å². The molecule has 0 atom stereocenters. The molecule has 1 saturated heterocycles. The lowest BCUT2D eigenvalue weighted by Gasteiger charge is -2.25. The van der Waals surface area contributed by atoms with Gasteiger partial charge in [-0.05, 0) is 0 Å². The largest absolute Gasteiger partial charge is 0.379 e. The molecule has 1 fully saturated rings. The third-order valence-corrected chi connectivity index (χ3v) is 1.55. The number of hydrogen-bond donors (Lipinski definition) is 1. The van der Waals surface area contributed by atoms with Gasteiger partial charge in [0.15, 0.2) is 0 Å². The molecule has 3 nitrogen and oxygen atoms in total. The Hall–Kier alpha value is 0.360. The van der Waals surface area contributed by atoms with Gasteiger partial charge in [0.25, 0.3) is 0 Å². The van der Waals surface area contributed by atoms with E-state index in [2.05, 4.69) is 26.4 Å². The van der Waals surface area contributed by atoms with Gasteiger partial charge in [0.2, 0.25) is 0 Å². The molecule has 0 aromatic heterocycles. The topological polar surface area (TPSA) is 24.5 Å². The molecule has 54 valence electrons. The molecule has 0 saturated carbocycles. The summed E-state index contributed by atoms with van der Waals surface area (Å²) in [5.41, 5.74) is 3.98. The monoisotopic (exact) mass is 194 g/mol. The third kappa shape index (κ3) is 2.62. The van der Waals surface area contributed by atoms with Crippen molar-refractivity contribution in [2.75, 3.05) is 31.8 Å². The molecule has 1 aliphatic heterocycles. The average Bonchev–Trinajstić information content (AvgIpc) is 1.91. The van der Waals surface area contributed by atoms with Crippen LogP contribution in [0, 0.1) is 0 Å². The number of hydrazine groups is 1. The molecule has 0 aromatic rings. The number of halogens is 1. The summed E-state index contributed by atoms with van der Waals surface area (Å²) in [6, 6.07) is 0. The first kappa shape index (κ1) is 7.47. The van der Waals surface area contributed by atoms with Crippen molar-refractivity contribution in [2.24, 2.45) is 0 Å². The normalized spacial score (nSPS) is 22.3. The van der Waals surface area contributed by atoms with E-state index in [9.17, 15) is 0 Å². The molecule has 0 aliphatic carbocycles. The Balaban J connectivity index is 2.08. The lowest BCUT2D eigenvalue weighted by Crippen LogP contribution is -2.44. The van der Waals surface area contributed by atoms with Gasteiger partial charge in [-0.15, -0.1) is 0 Å². The van der Waals surface area contributed by atoms with Gasteiger partial charge in [0.05, 0.1) is 18.7 Å². The second-order valence-electron chi connectivity index (χ2n) is 1.89. The molecule has 9 heavy (non-hydrogen) atoms. The van der Waals surface area contributed by atoms with Crippen LogP contribution in [-0.2, 0) is 4.74 Å². The van der Waals surface area contributed by atoms with Crippen molar-refractivity contribution in [1.82, 2.24) is 10.4 Å². The fourth-order valence-corrected chi connectivity index (χ4v) is 1.16. The highest BCUT2D eigenvalue weighted by Gasteiger charge is 2.07. The van der Waals surface area contributed by atoms with Gasteiger partial charge in [-0.25, -0.2) is 10.4 Å². The summed E-state index contributed by atoms with van der Waals surface area (Å²) in [5.74, 6) is 0. The number of rotatable bonds is 2. The molecule has 4 heteroatoms. The number of hydrogen-bond acceptors (Lipinski definition) is 3. The summed E-state index contributed by atoms with van der Waals surface area (Å²) in [7, 11) is 0. The molecular formula is C5H11BrN2O. The zero-order valence-electron chi connectivity index (χ0n) is 5.27. The summed E-state index contributed by atoms with van der Waals surface area (Å²) in [4.78, 5) is 0. The van der Waals surface area contributed by atoms with Gasteiger partial charge in [-0.3, -0.25) is 0 Å². The van der Waals surface area contributed by atoms with E-state index < -0.39 is 0 Å². The van der Waals surface area contributed by atoms with E-state index in [1.54, 1.807) is 0 Å². The second kappa shape index (κ2) is 4.22. The van der Waals surface area contributed by atoms with E-state index in [-0.39, 0.29) is 0 Å². The number of ether oxygens (including phenoxy) is 1. The van der Waals surface area contributed by atoms with Crippen LogP contribution in [0.5, 0.6) is 0 Å². The number of nitrogens with one attached hydrogen (secondary N) is 1. The first-order valence-electron chi connectivity index (χ1n) is 3.05. The van der Waals surface area contributed by atoms with E-state index in [4.69, 9.17) is 4.74 Å². The van der Waals surface area contributed by atoms with Crippen molar-refractivity contribution in [2.45, 2.75) is 0 Å².